The minimum Gasteiger partial charge on any atom is -0.455 e. The molecule has 0 saturated heterocycles. The van der Waals surface area contributed by atoms with Gasteiger partial charge >= 0.3 is 0 Å². The van der Waals surface area contributed by atoms with E-state index < -0.39 is 10.8 Å². The molecule has 0 aliphatic rings. The van der Waals surface area contributed by atoms with Crippen molar-refractivity contribution in [2.24, 2.45) is 5.10 Å². The highest BCUT2D eigenvalue weighted by atomic mass is 35.5. The molecule has 2 aromatic carbocycles. The van der Waals surface area contributed by atoms with Crippen LogP contribution in [-0.2, 0) is 11.3 Å². The van der Waals surface area contributed by atoms with Gasteiger partial charge in [-0.15, -0.1) is 10.2 Å². The van der Waals surface area contributed by atoms with Crippen molar-refractivity contribution in [3.8, 4) is 22.7 Å². The fourth-order valence-corrected chi connectivity index (χ4v) is 3.00. The number of aromatic nitrogens is 4. The topological polar surface area (TPSA) is 141 Å². The molecule has 0 spiro atoms. The smallest absolute Gasteiger partial charge is 0.270 e. The number of hydrazone groups is 1. The Balaban J connectivity index is 1.35. The van der Waals surface area contributed by atoms with Gasteiger partial charge in [-0.3, -0.25) is 14.9 Å². The molecule has 0 aliphatic heterocycles. The van der Waals surface area contributed by atoms with E-state index in [1.54, 1.807) is 12.1 Å². The van der Waals surface area contributed by atoms with E-state index in [2.05, 4.69) is 25.9 Å². The molecule has 0 bridgehead atoms. The summed E-state index contributed by atoms with van der Waals surface area (Å²) < 4.78 is 5.61. The number of halogens is 1. The number of nitro groups is 1. The summed E-state index contributed by atoms with van der Waals surface area (Å²) in [6.45, 7) is -0.168. The number of tetrazole rings is 1. The first-order chi connectivity index (χ1) is 15.5. The Bertz CT molecular complexity index is 1300. The highest BCUT2D eigenvalue weighted by Crippen LogP contribution is 2.32. The number of carbonyl (C=O) groups is 1. The van der Waals surface area contributed by atoms with Gasteiger partial charge in [-0.2, -0.15) is 9.90 Å². The van der Waals surface area contributed by atoms with Crippen LogP contribution in [-0.4, -0.2) is 37.3 Å². The van der Waals surface area contributed by atoms with Gasteiger partial charge in [0.25, 0.3) is 11.6 Å². The van der Waals surface area contributed by atoms with Crippen LogP contribution in [0.3, 0.4) is 0 Å². The third-order valence-corrected chi connectivity index (χ3v) is 4.52. The van der Waals surface area contributed by atoms with E-state index in [0.29, 0.717) is 22.9 Å². The molecule has 4 rings (SSSR count). The number of furan rings is 1. The summed E-state index contributed by atoms with van der Waals surface area (Å²) in [6, 6.07) is 16.6. The Labute approximate surface area is 185 Å². The molecule has 0 unspecified atom stereocenters. The lowest BCUT2D eigenvalue weighted by Gasteiger charge is -2.00. The van der Waals surface area contributed by atoms with E-state index in [4.69, 9.17) is 16.0 Å². The maximum absolute atomic E-state index is 12.1. The lowest BCUT2D eigenvalue weighted by molar-refractivity contribution is -0.384. The molecule has 0 saturated carbocycles. The first-order valence-corrected chi connectivity index (χ1v) is 9.56. The van der Waals surface area contributed by atoms with Gasteiger partial charge in [0, 0.05) is 23.3 Å². The molecule has 0 aliphatic carbocycles. The Morgan fingerprint density at radius 2 is 2.03 bits per heavy atom. The Morgan fingerprint density at radius 1 is 1.22 bits per heavy atom. The zero-order chi connectivity index (χ0) is 22.5. The molecule has 32 heavy (non-hydrogen) atoms. The summed E-state index contributed by atoms with van der Waals surface area (Å²) in [4.78, 5) is 23.5. The van der Waals surface area contributed by atoms with Crippen LogP contribution >= 0.6 is 11.6 Å². The maximum atomic E-state index is 12.1. The molecule has 12 heteroatoms. The highest BCUT2D eigenvalue weighted by Gasteiger charge is 2.13. The number of amides is 1. The quantitative estimate of drug-likeness (QED) is 0.258. The number of non-ortho nitro benzene ring substituents is 1. The van der Waals surface area contributed by atoms with Crippen molar-refractivity contribution < 1.29 is 14.1 Å². The summed E-state index contributed by atoms with van der Waals surface area (Å²) in [7, 11) is 0. The van der Waals surface area contributed by atoms with Crippen LogP contribution in [0.5, 0.6) is 0 Å². The van der Waals surface area contributed by atoms with E-state index in [9.17, 15) is 14.9 Å². The number of nitro benzene ring substituents is 1. The van der Waals surface area contributed by atoms with Crippen molar-refractivity contribution in [3.05, 3.63) is 81.6 Å². The molecule has 2 heterocycles. The van der Waals surface area contributed by atoms with E-state index in [0.717, 1.165) is 10.4 Å². The van der Waals surface area contributed by atoms with Crippen molar-refractivity contribution in [1.29, 1.82) is 0 Å². The first-order valence-electron chi connectivity index (χ1n) is 9.19. The molecule has 160 valence electrons. The van der Waals surface area contributed by atoms with Crippen molar-refractivity contribution in [1.82, 2.24) is 25.6 Å². The molecule has 0 atom stereocenters. The Hall–Kier alpha value is -4.38. The summed E-state index contributed by atoms with van der Waals surface area (Å²) in [5, 5.41) is 26.8. The van der Waals surface area contributed by atoms with Crippen LogP contribution in [0.15, 0.2) is 70.2 Å². The monoisotopic (exact) mass is 451 g/mol. The summed E-state index contributed by atoms with van der Waals surface area (Å²) in [5.41, 5.74) is 3.52. The predicted octanol–water partition coefficient (Wildman–Crippen LogP) is 3.31. The largest absolute Gasteiger partial charge is 0.455 e. The molecule has 1 N–H and O–H groups in total. The number of nitrogens with zero attached hydrogens (tertiary/aromatic N) is 6. The number of rotatable bonds is 7. The predicted molar refractivity (Wildman–Crippen MR) is 115 cm³/mol. The van der Waals surface area contributed by atoms with Gasteiger partial charge in [0.05, 0.1) is 16.2 Å². The van der Waals surface area contributed by atoms with Crippen LogP contribution in [0.25, 0.3) is 22.7 Å². The van der Waals surface area contributed by atoms with Gasteiger partial charge in [-0.25, -0.2) is 5.43 Å². The Morgan fingerprint density at radius 3 is 2.78 bits per heavy atom. The van der Waals surface area contributed by atoms with Gasteiger partial charge in [-0.05, 0) is 23.4 Å². The van der Waals surface area contributed by atoms with Crippen molar-refractivity contribution >= 4 is 29.4 Å². The van der Waals surface area contributed by atoms with Gasteiger partial charge in [0.15, 0.2) is 0 Å². The van der Waals surface area contributed by atoms with Crippen LogP contribution in [0.4, 0.5) is 5.69 Å². The van der Waals surface area contributed by atoms with Gasteiger partial charge in [-0.1, -0.05) is 41.9 Å². The molecular weight excluding hydrogens is 438 g/mol. The number of benzene rings is 2. The zero-order valence-electron chi connectivity index (χ0n) is 16.3. The molecule has 0 radical (unpaired) electrons. The zero-order valence-corrected chi connectivity index (χ0v) is 17.0. The fourth-order valence-electron chi connectivity index (χ4n) is 2.73. The highest BCUT2D eigenvalue weighted by molar-refractivity contribution is 6.33. The number of carbonyl (C=O) groups excluding carboxylic acids is 1. The first kappa shape index (κ1) is 20.9. The Kier molecular flexibility index (Phi) is 5.99. The second-order valence-electron chi connectivity index (χ2n) is 6.43. The molecular formula is C20H14ClN7O4. The average Bonchev–Trinajstić information content (AvgIpc) is 3.44. The van der Waals surface area contributed by atoms with E-state index in [-0.39, 0.29) is 17.3 Å². The molecule has 1 amide bonds. The summed E-state index contributed by atoms with van der Waals surface area (Å²) in [5.74, 6) is 0.705. The second-order valence-corrected chi connectivity index (χ2v) is 6.83. The van der Waals surface area contributed by atoms with E-state index in [1.165, 1.54) is 24.4 Å². The third-order valence-electron chi connectivity index (χ3n) is 4.21. The van der Waals surface area contributed by atoms with Crippen molar-refractivity contribution in [3.63, 3.8) is 0 Å². The maximum Gasteiger partial charge on any atom is 0.270 e. The number of hydrogen-bond acceptors (Lipinski definition) is 8. The van der Waals surface area contributed by atoms with Gasteiger partial charge < -0.3 is 4.42 Å². The van der Waals surface area contributed by atoms with Gasteiger partial charge in [0.1, 0.15) is 18.1 Å². The standard InChI is InChI=1S/C20H14ClN7O4/c21-17-10-14(28(30)31)6-8-16(17)18-9-7-15(32-18)11-22-23-19(29)12-27-25-20(24-26-27)13-4-2-1-3-5-13/h1-11H,12H2,(H,23,29)/b22-11+. The van der Waals surface area contributed by atoms with E-state index >= 15 is 0 Å². The van der Waals surface area contributed by atoms with Crippen molar-refractivity contribution in [2.45, 2.75) is 6.54 Å². The SMILES string of the molecule is O=C(Cn1nnc(-c2ccccc2)n1)N/N=C/c1ccc(-c2ccc([N+](=O)[O-])cc2Cl)o1. The van der Waals surface area contributed by atoms with E-state index in [1.807, 2.05) is 30.3 Å². The van der Waals surface area contributed by atoms with Crippen LogP contribution in [0.1, 0.15) is 5.76 Å². The van der Waals surface area contributed by atoms with Gasteiger partial charge in [0.2, 0.25) is 5.82 Å². The van der Waals surface area contributed by atoms with Crippen LogP contribution < -0.4 is 5.43 Å². The normalized spacial score (nSPS) is 11.0. The lowest BCUT2D eigenvalue weighted by Crippen LogP contribution is -2.24. The molecule has 11 nitrogen and oxygen atoms in total. The van der Waals surface area contributed by atoms with Crippen LogP contribution in [0, 0.1) is 10.1 Å². The summed E-state index contributed by atoms with van der Waals surface area (Å²) >= 11 is 6.11. The van der Waals surface area contributed by atoms with Crippen molar-refractivity contribution in [2.75, 3.05) is 0 Å². The minimum atomic E-state index is -0.532. The number of hydrogen-bond donors (Lipinski definition) is 1. The third kappa shape index (κ3) is 4.84. The minimum absolute atomic E-state index is 0.118. The molecule has 2 aromatic heterocycles. The summed E-state index contributed by atoms with van der Waals surface area (Å²) in [6.07, 6.45) is 1.31. The molecule has 4 aromatic rings. The molecule has 0 fully saturated rings. The van der Waals surface area contributed by atoms with Crippen LogP contribution in [0.2, 0.25) is 5.02 Å². The second kappa shape index (κ2) is 9.18. The average molecular weight is 452 g/mol. The number of nitrogens with one attached hydrogen (secondary N) is 1. The fraction of sp³-hybridized carbons (Fsp3) is 0.0500. The lowest BCUT2D eigenvalue weighted by atomic mass is 10.1.